The van der Waals surface area contributed by atoms with Crippen LogP contribution in [0, 0.1) is 12.7 Å². The molecular formula is C18H22FN. The Morgan fingerprint density at radius 1 is 1.00 bits per heavy atom. The van der Waals surface area contributed by atoms with Gasteiger partial charge in [-0.25, -0.2) is 4.39 Å². The van der Waals surface area contributed by atoms with Gasteiger partial charge in [-0.1, -0.05) is 48.9 Å². The second-order valence-corrected chi connectivity index (χ2v) is 5.28. The van der Waals surface area contributed by atoms with E-state index in [4.69, 9.17) is 0 Å². The van der Waals surface area contributed by atoms with Gasteiger partial charge < -0.3 is 5.32 Å². The molecule has 2 aromatic rings. The van der Waals surface area contributed by atoms with Crippen LogP contribution in [0.5, 0.6) is 0 Å². The molecule has 0 saturated heterocycles. The van der Waals surface area contributed by atoms with Crippen molar-refractivity contribution in [3.63, 3.8) is 0 Å². The number of hydrogen-bond acceptors (Lipinski definition) is 1. The predicted octanol–water partition coefficient (Wildman–Crippen LogP) is 3.90. The molecule has 0 fully saturated rings. The summed E-state index contributed by atoms with van der Waals surface area (Å²) in [7, 11) is 0. The van der Waals surface area contributed by atoms with Gasteiger partial charge in [0.1, 0.15) is 5.82 Å². The van der Waals surface area contributed by atoms with Crippen LogP contribution in [-0.2, 0) is 12.8 Å². The molecule has 0 aromatic heterocycles. The molecule has 1 atom stereocenters. The van der Waals surface area contributed by atoms with Crippen LogP contribution in [-0.4, -0.2) is 12.6 Å². The lowest BCUT2D eigenvalue weighted by Gasteiger charge is -2.18. The van der Waals surface area contributed by atoms with Crippen molar-refractivity contribution >= 4 is 0 Å². The molecule has 1 nitrogen and oxygen atoms in total. The first-order valence-corrected chi connectivity index (χ1v) is 7.20. The maximum Gasteiger partial charge on any atom is 0.123 e. The lowest BCUT2D eigenvalue weighted by Crippen LogP contribution is -2.33. The average Bonchev–Trinajstić information content (AvgIpc) is 2.39. The Labute approximate surface area is 120 Å². The van der Waals surface area contributed by atoms with Crippen LogP contribution < -0.4 is 5.32 Å². The van der Waals surface area contributed by atoms with Gasteiger partial charge in [-0.15, -0.1) is 0 Å². The van der Waals surface area contributed by atoms with Crippen LogP contribution in [0.1, 0.15) is 23.6 Å². The molecule has 1 N–H and O–H groups in total. The summed E-state index contributed by atoms with van der Waals surface area (Å²) in [5.74, 6) is -0.159. The van der Waals surface area contributed by atoms with Gasteiger partial charge in [0.2, 0.25) is 0 Å². The van der Waals surface area contributed by atoms with E-state index in [0.717, 1.165) is 24.9 Å². The van der Waals surface area contributed by atoms with Crippen LogP contribution in [0.3, 0.4) is 0 Å². The second kappa shape index (κ2) is 7.20. The van der Waals surface area contributed by atoms with Crippen LogP contribution in [0.25, 0.3) is 0 Å². The molecule has 2 heteroatoms. The van der Waals surface area contributed by atoms with Crippen molar-refractivity contribution in [2.24, 2.45) is 0 Å². The molecule has 2 rings (SSSR count). The molecule has 0 heterocycles. The fourth-order valence-electron chi connectivity index (χ4n) is 2.58. The minimum atomic E-state index is -0.159. The summed E-state index contributed by atoms with van der Waals surface area (Å²) in [5, 5.41) is 3.50. The van der Waals surface area contributed by atoms with E-state index in [0.29, 0.717) is 6.04 Å². The maximum atomic E-state index is 13.3. The zero-order valence-electron chi connectivity index (χ0n) is 12.2. The number of rotatable bonds is 6. The quantitative estimate of drug-likeness (QED) is 0.840. The number of benzene rings is 2. The van der Waals surface area contributed by atoms with E-state index in [-0.39, 0.29) is 5.82 Å². The fourth-order valence-corrected chi connectivity index (χ4v) is 2.58. The lowest BCUT2D eigenvalue weighted by atomic mass is 9.98. The molecule has 0 bridgehead atoms. The zero-order chi connectivity index (χ0) is 14.4. The van der Waals surface area contributed by atoms with Gasteiger partial charge in [-0.05, 0) is 49.6 Å². The molecule has 0 amide bonds. The van der Waals surface area contributed by atoms with E-state index < -0.39 is 0 Å². The topological polar surface area (TPSA) is 12.0 Å². The van der Waals surface area contributed by atoms with E-state index in [9.17, 15) is 4.39 Å². The normalized spacial score (nSPS) is 12.3. The van der Waals surface area contributed by atoms with Gasteiger partial charge in [-0.3, -0.25) is 0 Å². The average molecular weight is 271 g/mol. The van der Waals surface area contributed by atoms with E-state index >= 15 is 0 Å². The highest BCUT2D eigenvalue weighted by atomic mass is 19.1. The van der Waals surface area contributed by atoms with E-state index in [1.165, 1.54) is 17.2 Å². The van der Waals surface area contributed by atoms with Crippen LogP contribution in [0.4, 0.5) is 4.39 Å². The molecule has 20 heavy (non-hydrogen) atoms. The largest absolute Gasteiger partial charge is 0.314 e. The Kier molecular flexibility index (Phi) is 5.31. The Balaban J connectivity index is 2.07. The molecule has 0 spiro atoms. The zero-order valence-corrected chi connectivity index (χ0v) is 12.2. The minimum absolute atomic E-state index is 0.159. The van der Waals surface area contributed by atoms with Gasteiger partial charge in [0.25, 0.3) is 0 Å². The molecule has 0 aliphatic carbocycles. The molecule has 0 aliphatic heterocycles. The minimum Gasteiger partial charge on any atom is -0.314 e. The number of hydrogen-bond donors (Lipinski definition) is 1. The van der Waals surface area contributed by atoms with Crippen molar-refractivity contribution in [3.8, 4) is 0 Å². The summed E-state index contributed by atoms with van der Waals surface area (Å²) in [6.07, 6.45) is 1.81. The highest BCUT2D eigenvalue weighted by molar-refractivity contribution is 5.24. The molecule has 1 unspecified atom stereocenters. The molecule has 0 saturated carbocycles. The monoisotopic (exact) mass is 271 g/mol. The Bertz CT molecular complexity index is 503. The summed E-state index contributed by atoms with van der Waals surface area (Å²) >= 11 is 0. The van der Waals surface area contributed by atoms with Crippen molar-refractivity contribution in [3.05, 3.63) is 71.0 Å². The number of likely N-dealkylation sites (N-methyl/N-ethyl adjacent to an activating group) is 1. The standard InChI is InChI=1S/C18H22FN/c1-3-20-18(12-15-7-4-6-14(2)10-15)13-16-8-5-9-17(19)11-16/h4-11,18,20H,3,12-13H2,1-2H3. The van der Waals surface area contributed by atoms with Crippen molar-refractivity contribution < 1.29 is 4.39 Å². The highest BCUT2D eigenvalue weighted by Gasteiger charge is 2.10. The van der Waals surface area contributed by atoms with Gasteiger partial charge in [0.15, 0.2) is 0 Å². The highest BCUT2D eigenvalue weighted by Crippen LogP contribution is 2.12. The van der Waals surface area contributed by atoms with Crippen molar-refractivity contribution in [2.45, 2.75) is 32.7 Å². The molecule has 0 radical (unpaired) electrons. The number of halogens is 1. The molecule has 2 aromatic carbocycles. The maximum absolute atomic E-state index is 13.3. The van der Waals surface area contributed by atoms with Crippen LogP contribution in [0.2, 0.25) is 0 Å². The molecular weight excluding hydrogens is 249 g/mol. The third kappa shape index (κ3) is 4.46. The van der Waals surface area contributed by atoms with Gasteiger partial charge in [0.05, 0.1) is 0 Å². The smallest absolute Gasteiger partial charge is 0.123 e. The van der Waals surface area contributed by atoms with E-state index in [1.807, 2.05) is 6.07 Å². The van der Waals surface area contributed by atoms with Crippen molar-refractivity contribution in [1.29, 1.82) is 0 Å². The number of nitrogens with one attached hydrogen (secondary N) is 1. The third-order valence-electron chi connectivity index (χ3n) is 3.43. The Morgan fingerprint density at radius 2 is 1.65 bits per heavy atom. The van der Waals surface area contributed by atoms with E-state index in [1.54, 1.807) is 12.1 Å². The number of aryl methyl sites for hydroxylation is 1. The lowest BCUT2D eigenvalue weighted by molar-refractivity contribution is 0.519. The van der Waals surface area contributed by atoms with Gasteiger partial charge in [-0.2, -0.15) is 0 Å². The summed E-state index contributed by atoms with van der Waals surface area (Å²) in [6, 6.07) is 15.8. The Morgan fingerprint density at radius 3 is 2.25 bits per heavy atom. The fraction of sp³-hybridized carbons (Fsp3) is 0.333. The summed E-state index contributed by atoms with van der Waals surface area (Å²) in [5.41, 5.74) is 3.65. The van der Waals surface area contributed by atoms with Crippen molar-refractivity contribution in [2.75, 3.05) is 6.54 Å². The SMILES string of the molecule is CCNC(Cc1cccc(C)c1)Cc1cccc(F)c1. The third-order valence-corrected chi connectivity index (χ3v) is 3.43. The predicted molar refractivity (Wildman–Crippen MR) is 82.5 cm³/mol. The summed E-state index contributed by atoms with van der Waals surface area (Å²) in [4.78, 5) is 0. The van der Waals surface area contributed by atoms with E-state index in [2.05, 4.69) is 43.4 Å². The van der Waals surface area contributed by atoms with Gasteiger partial charge in [0, 0.05) is 6.04 Å². The summed E-state index contributed by atoms with van der Waals surface area (Å²) in [6.45, 7) is 5.14. The van der Waals surface area contributed by atoms with Gasteiger partial charge >= 0.3 is 0 Å². The second-order valence-electron chi connectivity index (χ2n) is 5.28. The van der Waals surface area contributed by atoms with Crippen LogP contribution >= 0.6 is 0 Å². The molecule has 106 valence electrons. The molecule has 0 aliphatic rings. The van der Waals surface area contributed by atoms with Crippen molar-refractivity contribution in [1.82, 2.24) is 5.32 Å². The first-order chi connectivity index (χ1) is 9.67. The Hall–Kier alpha value is -1.67. The first kappa shape index (κ1) is 14.7. The first-order valence-electron chi connectivity index (χ1n) is 7.20. The van der Waals surface area contributed by atoms with Crippen LogP contribution in [0.15, 0.2) is 48.5 Å². The summed E-state index contributed by atoms with van der Waals surface area (Å²) < 4.78 is 13.3.